The lowest BCUT2D eigenvalue weighted by Gasteiger charge is -2.03. The minimum absolute atomic E-state index is 0.108. The van der Waals surface area contributed by atoms with Crippen LogP contribution in [-0.2, 0) is 9.84 Å². The monoisotopic (exact) mass is 274 g/mol. The first-order valence-electron chi connectivity index (χ1n) is 5.79. The Bertz CT molecular complexity index is 713. The third-order valence-electron chi connectivity index (χ3n) is 2.82. The van der Waals surface area contributed by atoms with Gasteiger partial charge >= 0.3 is 0 Å². The van der Waals surface area contributed by atoms with E-state index < -0.39 is 9.84 Å². The summed E-state index contributed by atoms with van der Waals surface area (Å²) < 4.78 is 22.7. The summed E-state index contributed by atoms with van der Waals surface area (Å²) in [5.41, 5.74) is 2.10. The zero-order valence-corrected chi connectivity index (χ0v) is 11.6. The number of sulfone groups is 1. The van der Waals surface area contributed by atoms with E-state index >= 15 is 0 Å². The predicted octanol–water partition coefficient (Wildman–Crippen LogP) is 2.63. The van der Waals surface area contributed by atoms with Gasteiger partial charge in [-0.25, -0.2) is 8.42 Å². The van der Waals surface area contributed by atoms with Gasteiger partial charge in [-0.2, -0.15) is 0 Å². The molecule has 0 saturated heterocycles. The van der Waals surface area contributed by atoms with Gasteiger partial charge in [0.25, 0.3) is 0 Å². The summed E-state index contributed by atoms with van der Waals surface area (Å²) in [6.45, 7) is 1.92. The molecule has 0 heterocycles. The van der Waals surface area contributed by atoms with Crippen molar-refractivity contribution in [3.05, 3.63) is 65.2 Å². The van der Waals surface area contributed by atoms with Crippen LogP contribution >= 0.6 is 0 Å². The van der Waals surface area contributed by atoms with Crippen molar-refractivity contribution in [2.45, 2.75) is 11.8 Å². The van der Waals surface area contributed by atoms with Gasteiger partial charge in [0.05, 0.1) is 4.90 Å². The standard InChI is InChI=1S/C15H14O3S/c1-11-4-3-5-13(10-11)15(16)12-6-8-14(9-7-12)19(2,17)18/h3-10H,1-2H3. The normalized spacial score (nSPS) is 11.3. The van der Waals surface area contributed by atoms with Crippen LogP contribution in [0.1, 0.15) is 21.5 Å². The topological polar surface area (TPSA) is 51.2 Å². The molecule has 0 bridgehead atoms. The van der Waals surface area contributed by atoms with Gasteiger partial charge in [-0.05, 0) is 37.3 Å². The van der Waals surface area contributed by atoms with Gasteiger partial charge in [-0.3, -0.25) is 4.79 Å². The highest BCUT2D eigenvalue weighted by Gasteiger charge is 2.11. The van der Waals surface area contributed by atoms with Crippen LogP contribution < -0.4 is 0 Å². The predicted molar refractivity (Wildman–Crippen MR) is 74.2 cm³/mol. The Labute approximate surface area is 112 Å². The highest BCUT2D eigenvalue weighted by atomic mass is 32.2. The smallest absolute Gasteiger partial charge is 0.193 e. The van der Waals surface area contributed by atoms with Crippen molar-refractivity contribution in [1.82, 2.24) is 0 Å². The number of carbonyl (C=O) groups is 1. The molecular formula is C15H14O3S. The van der Waals surface area contributed by atoms with E-state index in [1.807, 2.05) is 25.1 Å². The van der Waals surface area contributed by atoms with Crippen LogP contribution in [0.15, 0.2) is 53.4 Å². The number of aryl methyl sites for hydroxylation is 1. The fourth-order valence-electron chi connectivity index (χ4n) is 1.81. The summed E-state index contributed by atoms with van der Waals surface area (Å²) in [5.74, 6) is -0.108. The Hall–Kier alpha value is -1.94. The lowest BCUT2D eigenvalue weighted by molar-refractivity contribution is 0.103. The maximum atomic E-state index is 12.2. The van der Waals surface area contributed by atoms with E-state index in [-0.39, 0.29) is 10.7 Å². The first kappa shape index (κ1) is 13.5. The molecule has 0 fully saturated rings. The van der Waals surface area contributed by atoms with Crippen molar-refractivity contribution in [2.24, 2.45) is 0 Å². The average Bonchev–Trinajstić information content (AvgIpc) is 2.37. The van der Waals surface area contributed by atoms with Gasteiger partial charge in [0.15, 0.2) is 15.6 Å². The number of ketones is 1. The van der Waals surface area contributed by atoms with E-state index in [0.717, 1.165) is 11.8 Å². The zero-order chi connectivity index (χ0) is 14.0. The van der Waals surface area contributed by atoms with Gasteiger partial charge in [-0.15, -0.1) is 0 Å². The molecule has 0 radical (unpaired) electrons. The van der Waals surface area contributed by atoms with E-state index in [9.17, 15) is 13.2 Å². The molecule has 0 saturated carbocycles. The first-order valence-corrected chi connectivity index (χ1v) is 7.68. The first-order chi connectivity index (χ1) is 8.88. The maximum Gasteiger partial charge on any atom is 0.193 e. The van der Waals surface area contributed by atoms with Crippen LogP contribution in [0.4, 0.5) is 0 Å². The van der Waals surface area contributed by atoms with Crippen LogP contribution in [0.5, 0.6) is 0 Å². The quantitative estimate of drug-likeness (QED) is 0.808. The Morgan fingerprint density at radius 3 is 2.11 bits per heavy atom. The molecule has 2 aromatic rings. The fraction of sp³-hybridized carbons (Fsp3) is 0.133. The lowest BCUT2D eigenvalue weighted by atomic mass is 10.0. The summed E-state index contributed by atoms with van der Waals surface area (Å²) in [7, 11) is -3.23. The van der Waals surface area contributed by atoms with E-state index in [1.54, 1.807) is 18.2 Å². The molecule has 0 aliphatic heterocycles. The number of hydrogen-bond acceptors (Lipinski definition) is 3. The summed E-state index contributed by atoms with van der Waals surface area (Å²) in [5, 5.41) is 0. The van der Waals surface area contributed by atoms with E-state index in [4.69, 9.17) is 0 Å². The molecule has 0 N–H and O–H groups in total. The van der Waals surface area contributed by atoms with Crippen molar-refractivity contribution in [3.63, 3.8) is 0 Å². The van der Waals surface area contributed by atoms with Crippen molar-refractivity contribution in [3.8, 4) is 0 Å². The van der Waals surface area contributed by atoms with Crippen LogP contribution in [0.2, 0.25) is 0 Å². The van der Waals surface area contributed by atoms with Crippen LogP contribution in [0.25, 0.3) is 0 Å². The summed E-state index contributed by atoms with van der Waals surface area (Å²) >= 11 is 0. The molecule has 3 nitrogen and oxygen atoms in total. The molecule has 0 aliphatic rings. The number of benzene rings is 2. The van der Waals surface area contributed by atoms with Gasteiger partial charge in [-0.1, -0.05) is 23.8 Å². The number of rotatable bonds is 3. The minimum Gasteiger partial charge on any atom is -0.289 e. The highest BCUT2D eigenvalue weighted by Crippen LogP contribution is 2.15. The Balaban J connectivity index is 2.35. The molecule has 2 rings (SSSR count). The second kappa shape index (κ2) is 4.97. The van der Waals surface area contributed by atoms with Crippen molar-refractivity contribution >= 4 is 15.6 Å². The maximum absolute atomic E-state index is 12.2. The van der Waals surface area contributed by atoms with E-state index in [1.165, 1.54) is 12.1 Å². The van der Waals surface area contributed by atoms with Crippen LogP contribution in [-0.4, -0.2) is 20.5 Å². The summed E-state index contributed by atoms with van der Waals surface area (Å²) in [6, 6.07) is 13.3. The molecule has 0 spiro atoms. The molecule has 4 heteroatoms. The average molecular weight is 274 g/mol. The lowest BCUT2D eigenvalue weighted by Crippen LogP contribution is -2.03. The fourth-order valence-corrected chi connectivity index (χ4v) is 2.44. The molecule has 0 atom stereocenters. The molecule has 19 heavy (non-hydrogen) atoms. The Kier molecular flexibility index (Phi) is 3.53. The second-order valence-electron chi connectivity index (χ2n) is 4.50. The molecule has 2 aromatic carbocycles. The van der Waals surface area contributed by atoms with Crippen LogP contribution in [0, 0.1) is 6.92 Å². The van der Waals surface area contributed by atoms with Crippen molar-refractivity contribution < 1.29 is 13.2 Å². The van der Waals surface area contributed by atoms with E-state index in [2.05, 4.69) is 0 Å². The minimum atomic E-state index is -3.23. The van der Waals surface area contributed by atoms with Crippen LogP contribution in [0.3, 0.4) is 0 Å². The number of carbonyl (C=O) groups excluding carboxylic acids is 1. The molecule has 0 amide bonds. The second-order valence-corrected chi connectivity index (χ2v) is 6.51. The zero-order valence-electron chi connectivity index (χ0n) is 10.8. The number of hydrogen-bond donors (Lipinski definition) is 0. The van der Waals surface area contributed by atoms with Gasteiger partial charge in [0.2, 0.25) is 0 Å². The largest absolute Gasteiger partial charge is 0.289 e. The Morgan fingerprint density at radius 1 is 0.947 bits per heavy atom. The molecular weight excluding hydrogens is 260 g/mol. The summed E-state index contributed by atoms with van der Waals surface area (Å²) in [4.78, 5) is 12.4. The molecule has 98 valence electrons. The molecule has 0 aliphatic carbocycles. The van der Waals surface area contributed by atoms with E-state index in [0.29, 0.717) is 11.1 Å². The third-order valence-corrected chi connectivity index (χ3v) is 3.95. The third kappa shape index (κ3) is 3.09. The van der Waals surface area contributed by atoms with Crippen molar-refractivity contribution in [1.29, 1.82) is 0 Å². The van der Waals surface area contributed by atoms with Gasteiger partial charge in [0.1, 0.15) is 0 Å². The van der Waals surface area contributed by atoms with Gasteiger partial charge in [0, 0.05) is 17.4 Å². The highest BCUT2D eigenvalue weighted by molar-refractivity contribution is 7.90. The molecule has 0 unspecified atom stereocenters. The summed E-state index contributed by atoms with van der Waals surface area (Å²) in [6.07, 6.45) is 1.14. The SMILES string of the molecule is Cc1cccc(C(=O)c2ccc(S(C)(=O)=O)cc2)c1. The van der Waals surface area contributed by atoms with Crippen molar-refractivity contribution in [2.75, 3.05) is 6.26 Å². The molecule has 0 aromatic heterocycles. The Morgan fingerprint density at radius 2 is 1.58 bits per heavy atom. The van der Waals surface area contributed by atoms with Gasteiger partial charge < -0.3 is 0 Å².